The molecule has 23 heavy (non-hydrogen) atoms. The molecule has 2 aromatic rings. The van der Waals surface area contributed by atoms with Crippen molar-refractivity contribution in [2.75, 3.05) is 19.6 Å². The van der Waals surface area contributed by atoms with Crippen LogP contribution in [-0.4, -0.2) is 41.2 Å². The minimum Gasteiger partial charge on any atom is -0.472 e. The molecule has 0 radical (unpaired) electrons. The second kappa shape index (κ2) is 8.17. The van der Waals surface area contributed by atoms with Gasteiger partial charge in [-0.2, -0.15) is 0 Å². The molecule has 0 aliphatic carbocycles. The Hall–Kier alpha value is -2.56. The Morgan fingerprint density at radius 3 is 2.26 bits per heavy atom. The molecule has 2 rings (SSSR count). The molecular weight excluding hydrogens is 292 g/mol. The summed E-state index contributed by atoms with van der Waals surface area (Å²) in [4.78, 5) is 28.3. The third-order valence-electron chi connectivity index (χ3n) is 3.71. The molecule has 1 aromatic heterocycles. The quantitative estimate of drug-likeness (QED) is 0.789. The molecule has 5 heteroatoms. The number of likely N-dealkylation sites (N-methyl/N-ethyl adjacent to an activating group) is 1. The molecule has 2 amide bonds. The van der Waals surface area contributed by atoms with Gasteiger partial charge in [-0.25, -0.2) is 0 Å². The standard InChI is InChI=1S/C18H22N2O3/c1-3-19(4-2)17(21)13-20(12-15-8-6-5-7-9-15)18(22)16-10-11-23-14-16/h5-11,14H,3-4,12-13H2,1-2H3. The summed E-state index contributed by atoms with van der Waals surface area (Å²) in [6.45, 7) is 5.57. The zero-order valence-corrected chi connectivity index (χ0v) is 13.6. The predicted octanol–water partition coefficient (Wildman–Crippen LogP) is 2.79. The van der Waals surface area contributed by atoms with Gasteiger partial charge in [0.25, 0.3) is 5.91 Å². The van der Waals surface area contributed by atoms with Crippen LogP contribution in [0, 0.1) is 0 Å². The lowest BCUT2D eigenvalue weighted by Gasteiger charge is -2.26. The number of hydrogen-bond acceptors (Lipinski definition) is 3. The smallest absolute Gasteiger partial charge is 0.257 e. The lowest BCUT2D eigenvalue weighted by atomic mass is 10.2. The van der Waals surface area contributed by atoms with Crippen LogP contribution in [0.15, 0.2) is 53.3 Å². The average molecular weight is 314 g/mol. The minimum absolute atomic E-state index is 0.0530. The van der Waals surface area contributed by atoms with Crippen molar-refractivity contribution in [3.63, 3.8) is 0 Å². The molecule has 1 aromatic carbocycles. The topological polar surface area (TPSA) is 53.8 Å². The summed E-state index contributed by atoms with van der Waals surface area (Å²) < 4.78 is 4.99. The van der Waals surface area contributed by atoms with Gasteiger partial charge in [0.15, 0.2) is 0 Å². The van der Waals surface area contributed by atoms with Gasteiger partial charge in [-0.15, -0.1) is 0 Å². The van der Waals surface area contributed by atoms with Gasteiger partial charge in [-0.05, 0) is 25.5 Å². The third-order valence-corrected chi connectivity index (χ3v) is 3.71. The molecule has 0 bridgehead atoms. The molecule has 0 spiro atoms. The summed E-state index contributed by atoms with van der Waals surface area (Å²) in [5.41, 5.74) is 1.44. The van der Waals surface area contributed by atoms with Crippen LogP contribution in [0.5, 0.6) is 0 Å². The van der Waals surface area contributed by atoms with Gasteiger partial charge in [0.05, 0.1) is 11.8 Å². The van der Waals surface area contributed by atoms with Gasteiger partial charge in [0.1, 0.15) is 12.8 Å². The highest BCUT2D eigenvalue weighted by Crippen LogP contribution is 2.11. The van der Waals surface area contributed by atoms with Crippen molar-refractivity contribution in [1.82, 2.24) is 9.80 Å². The molecule has 0 unspecified atom stereocenters. The monoisotopic (exact) mass is 314 g/mol. The van der Waals surface area contributed by atoms with Crippen molar-refractivity contribution < 1.29 is 14.0 Å². The van der Waals surface area contributed by atoms with Crippen molar-refractivity contribution in [1.29, 1.82) is 0 Å². The van der Waals surface area contributed by atoms with Crippen LogP contribution in [0.2, 0.25) is 0 Å². The Morgan fingerprint density at radius 2 is 1.70 bits per heavy atom. The largest absolute Gasteiger partial charge is 0.472 e. The Labute approximate surface area is 136 Å². The number of carbonyl (C=O) groups excluding carboxylic acids is 2. The zero-order chi connectivity index (χ0) is 16.7. The second-order valence-electron chi connectivity index (χ2n) is 5.22. The van der Waals surface area contributed by atoms with Crippen LogP contribution >= 0.6 is 0 Å². The minimum atomic E-state index is -0.205. The van der Waals surface area contributed by atoms with Crippen molar-refractivity contribution in [2.45, 2.75) is 20.4 Å². The van der Waals surface area contributed by atoms with E-state index in [0.29, 0.717) is 25.2 Å². The lowest BCUT2D eigenvalue weighted by molar-refractivity contribution is -0.131. The van der Waals surface area contributed by atoms with Gasteiger partial charge in [0, 0.05) is 19.6 Å². The van der Waals surface area contributed by atoms with Crippen molar-refractivity contribution in [3.8, 4) is 0 Å². The molecule has 0 aliphatic rings. The van der Waals surface area contributed by atoms with E-state index in [1.54, 1.807) is 15.9 Å². The van der Waals surface area contributed by atoms with Gasteiger partial charge in [0.2, 0.25) is 5.91 Å². The highest BCUT2D eigenvalue weighted by Gasteiger charge is 2.22. The van der Waals surface area contributed by atoms with E-state index < -0.39 is 0 Å². The fourth-order valence-corrected chi connectivity index (χ4v) is 2.41. The Kier molecular flexibility index (Phi) is 5.97. The van der Waals surface area contributed by atoms with Gasteiger partial charge < -0.3 is 14.2 Å². The van der Waals surface area contributed by atoms with E-state index in [9.17, 15) is 9.59 Å². The number of furan rings is 1. The molecular formula is C18H22N2O3. The summed E-state index contributed by atoms with van der Waals surface area (Å²) >= 11 is 0. The molecule has 0 saturated carbocycles. The van der Waals surface area contributed by atoms with E-state index >= 15 is 0 Å². The molecule has 1 heterocycles. The van der Waals surface area contributed by atoms with E-state index in [4.69, 9.17) is 4.42 Å². The Balaban J connectivity index is 2.17. The fraction of sp³-hybridized carbons (Fsp3) is 0.333. The molecule has 0 atom stereocenters. The normalized spacial score (nSPS) is 10.3. The van der Waals surface area contributed by atoms with Crippen LogP contribution in [0.3, 0.4) is 0 Å². The van der Waals surface area contributed by atoms with Crippen LogP contribution in [-0.2, 0) is 11.3 Å². The first kappa shape index (κ1) is 16.8. The molecule has 122 valence electrons. The average Bonchev–Trinajstić information content (AvgIpc) is 3.10. The van der Waals surface area contributed by atoms with E-state index in [1.165, 1.54) is 12.5 Å². The van der Waals surface area contributed by atoms with Gasteiger partial charge >= 0.3 is 0 Å². The molecule has 0 aliphatic heterocycles. The Morgan fingerprint density at radius 1 is 1.00 bits per heavy atom. The maximum absolute atomic E-state index is 12.6. The number of nitrogens with zero attached hydrogens (tertiary/aromatic N) is 2. The maximum atomic E-state index is 12.6. The lowest BCUT2D eigenvalue weighted by Crippen LogP contribution is -2.42. The first-order chi connectivity index (χ1) is 11.2. The van der Waals surface area contributed by atoms with E-state index in [2.05, 4.69) is 0 Å². The number of benzene rings is 1. The summed E-state index contributed by atoms with van der Waals surface area (Å²) in [7, 11) is 0. The summed E-state index contributed by atoms with van der Waals surface area (Å²) in [6.07, 6.45) is 2.86. The summed E-state index contributed by atoms with van der Waals surface area (Å²) in [5, 5.41) is 0. The SMILES string of the molecule is CCN(CC)C(=O)CN(Cc1ccccc1)C(=O)c1ccoc1. The second-order valence-corrected chi connectivity index (χ2v) is 5.22. The maximum Gasteiger partial charge on any atom is 0.257 e. The Bertz CT molecular complexity index is 619. The summed E-state index contributed by atoms with van der Waals surface area (Å²) in [6, 6.07) is 11.3. The van der Waals surface area contributed by atoms with Crippen LogP contribution in [0.25, 0.3) is 0 Å². The highest BCUT2D eigenvalue weighted by molar-refractivity contribution is 5.96. The summed E-state index contributed by atoms with van der Waals surface area (Å²) in [5.74, 6) is -0.258. The predicted molar refractivity (Wildman–Crippen MR) is 87.8 cm³/mol. The van der Waals surface area contributed by atoms with Gasteiger partial charge in [-0.3, -0.25) is 9.59 Å². The fourth-order valence-electron chi connectivity index (χ4n) is 2.41. The van der Waals surface area contributed by atoms with E-state index in [1.807, 2.05) is 44.2 Å². The molecule has 0 fully saturated rings. The van der Waals surface area contributed by atoms with E-state index in [-0.39, 0.29) is 18.4 Å². The number of rotatable bonds is 7. The highest BCUT2D eigenvalue weighted by atomic mass is 16.3. The van der Waals surface area contributed by atoms with E-state index in [0.717, 1.165) is 5.56 Å². The van der Waals surface area contributed by atoms with Crippen molar-refractivity contribution in [2.24, 2.45) is 0 Å². The number of hydrogen-bond donors (Lipinski definition) is 0. The first-order valence-corrected chi connectivity index (χ1v) is 7.78. The van der Waals surface area contributed by atoms with Crippen LogP contribution in [0.4, 0.5) is 0 Å². The third kappa shape index (κ3) is 4.45. The van der Waals surface area contributed by atoms with Crippen LogP contribution < -0.4 is 0 Å². The van der Waals surface area contributed by atoms with Crippen LogP contribution in [0.1, 0.15) is 29.8 Å². The molecule has 5 nitrogen and oxygen atoms in total. The van der Waals surface area contributed by atoms with Crippen molar-refractivity contribution >= 4 is 11.8 Å². The number of carbonyl (C=O) groups is 2. The zero-order valence-electron chi connectivity index (χ0n) is 13.6. The number of amides is 2. The van der Waals surface area contributed by atoms with Gasteiger partial charge in [-0.1, -0.05) is 30.3 Å². The molecule has 0 N–H and O–H groups in total. The molecule has 0 saturated heterocycles. The first-order valence-electron chi connectivity index (χ1n) is 7.78. The van der Waals surface area contributed by atoms with Crippen molar-refractivity contribution in [3.05, 3.63) is 60.1 Å².